The molecule has 3 rings (SSSR count). The second-order valence-corrected chi connectivity index (χ2v) is 6.96. The maximum absolute atomic E-state index is 13.2. The number of pyridine rings is 2. The highest BCUT2D eigenvalue weighted by Crippen LogP contribution is 2.17. The van der Waals surface area contributed by atoms with Crippen molar-refractivity contribution < 1.29 is 17.2 Å². The van der Waals surface area contributed by atoms with E-state index in [0.29, 0.717) is 17.3 Å². The van der Waals surface area contributed by atoms with Crippen LogP contribution in [0.1, 0.15) is 5.56 Å². The fourth-order valence-corrected chi connectivity index (χ4v) is 3.19. The number of rotatable bonds is 5. The van der Waals surface area contributed by atoms with Gasteiger partial charge in [0.1, 0.15) is 0 Å². The first-order valence-corrected chi connectivity index (χ1v) is 8.74. The van der Waals surface area contributed by atoms with Gasteiger partial charge in [-0.15, -0.1) is 0 Å². The molecule has 0 saturated heterocycles. The van der Waals surface area contributed by atoms with E-state index in [1.54, 1.807) is 36.8 Å². The van der Waals surface area contributed by atoms with Crippen LogP contribution in [0.2, 0.25) is 0 Å². The first-order chi connectivity index (χ1) is 12.0. The lowest BCUT2D eigenvalue weighted by Crippen LogP contribution is -2.23. The maximum atomic E-state index is 13.2. The van der Waals surface area contributed by atoms with Crippen LogP contribution >= 0.6 is 0 Å². The average Bonchev–Trinajstić information content (AvgIpc) is 2.63. The zero-order chi connectivity index (χ0) is 17.9. The molecule has 1 N–H and O–H groups in total. The molecule has 0 saturated carbocycles. The smallest absolute Gasteiger partial charge is 0.240 e. The average molecular weight is 361 g/mol. The zero-order valence-corrected chi connectivity index (χ0v) is 13.7. The zero-order valence-electron chi connectivity index (χ0n) is 12.9. The quantitative estimate of drug-likeness (QED) is 0.758. The second-order valence-electron chi connectivity index (χ2n) is 5.19. The highest BCUT2D eigenvalue weighted by molar-refractivity contribution is 7.89. The molecule has 3 aromatic rings. The molecule has 128 valence electrons. The third-order valence-electron chi connectivity index (χ3n) is 3.45. The summed E-state index contributed by atoms with van der Waals surface area (Å²) in [6.45, 7) is -0.0168. The first kappa shape index (κ1) is 17.1. The number of hydrogen-bond donors (Lipinski definition) is 1. The Morgan fingerprint density at radius 1 is 1.00 bits per heavy atom. The molecule has 0 aliphatic heterocycles. The number of sulfonamides is 1. The Balaban J connectivity index is 1.78. The predicted molar refractivity (Wildman–Crippen MR) is 87.9 cm³/mol. The van der Waals surface area contributed by atoms with Crippen molar-refractivity contribution in [1.82, 2.24) is 14.7 Å². The Hall–Kier alpha value is -2.71. The Bertz CT molecular complexity index is 996. The lowest BCUT2D eigenvalue weighted by atomic mass is 10.1. The van der Waals surface area contributed by atoms with E-state index in [0.717, 1.165) is 17.7 Å². The van der Waals surface area contributed by atoms with Crippen molar-refractivity contribution in [2.24, 2.45) is 0 Å². The molecule has 0 spiro atoms. The molecule has 2 heterocycles. The van der Waals surface area contributed by atoms with Crippen molar-refractivity contribution in [1.29, 1.82) is 0 Å². The molecule has 0 fully saturated rings. The number of nitrogens with zero attached hydrogens (tertiary/aromatic N) is 2. The van der Waals surface area contributed by atoms with Gasteiger partial charge in [-0.2, -0.15) is 0 Å². The minimum atomic E-state index is -3.96. The van der Waals surface area contributed by atoms with Crippen molar-refractivity contribution in [3.8, 4) is 11.3 Å². The largest absolute Gasteiger partial charge is 0.264 e. The normalized spacial score (nSPS) is 11.4. The number of hydrogen-bond acceptors (Lipinski definition) is 4. The van der Waals surface area contributed by atoms with E-state index >= 15 is 0 Å². The number of halogens is 2. The molecule has 0 radical (unpaired) electrons. The Morgan fingerprint density at radius 3 is 2.56 bits per heavy atom. The third kappa shape index (κ3) is 4.04. The van der Waals surface area contributed by atoms with Crippen LogP contribution in [-0.2, 0) is 16.6 Å². The molecule has 0 unspecified atom stereocenters. The molecule has 0 aliphatic carbocycles. The summed E-state index contributed by atoms with van der Waals surface area (Å²) in [4.78, 5) is 7.90. The van der Waals surface area contributed by atoms with Crippen molar-refractivity contribution in [2.45, 2.75) is 11.4 Å². The lowest BCUT2D eigenvalue weighted by molar-refractivity contribution is 0.504. The van der Waals surface area contributed by atoms with E-state index in [2.05, 4.69) is 14.7 Å². The van der Waals surface area contributed by atoms with Crippen LogP contribution in [0.15, 0.2) is 66.0 Å². The number of nitrogens with one attached hydrogen (secondary N) is 1. The minimum absolute atomic E-state index is 0.0168. The molecule has 0 bridgehead atoms. The standard InChI is InChI=1S/C17H13F2N3O2S/c18-15-4-3-14(9-16(15)19)25(23,24)22-10-12-5-7-21-17(8-12)13-2-1-6-20-11-13/h1-9,11,22H,10H2. The SMILES string of the molecule is O=S(=O)(NCc1ccnc(-c2cccnc2)c1)c1ccc(F)c(F)c1. The summed E-state index contributed by atoms with van der Waals surface area (Å²) >= 11 is 0. The van der Waals surface area contributed by atoms with Crippen molar-refractivity contribution in [2.75, 3.05) is 0 Å². The van der Waals surface area contributed by atoms with E-state index in [4.69, 9.17) is 0 Å². The van der Waals surface area contributed by atoms with Gasteiger partial charge in [-0.3, -0.25) is 9.97 Å². The van der Waals surface area contributed by atoms with E-state index < -0.39 is 21.7 Å². The van der Waals surface area contributed by atoms with Gasteiger partial charge in [0.05, 0.1) is 10.6 Å². The van der Waals surface area contributed by atoms with Crippen LogP contribution in [0.3, 0.4) is 0 Å². The van der Waals surface area contributed by atoms with Gasteiger partial charge in [0.15, 0.2) is 11.6 Å². The fourth-order valence-electron chi connectivity index (χ4n) is 2.16. The van der Waals surface area contributed by atoms with Gasteiger partial charge in [0.25, 0.3) is 0 Å². The van der Waals surface area contributed by atoms with Gasteiger partial charge < -0.3 is 0 Å². The molecular formula is C17H13F2N3O2S. The summed E-state index contributed by atoms with van der Waals surface area (Å²) in [6.07, 6.45) is 4.85. The van der Waals surface area contributed by atoms with Crippen molar-refractivity contribution in [3.05, 3.63) is 78.3 Å². The molecule has 2 aromatic heterocycles. The Labute approximate surface area is 143 Å². The lowest BCUT2D eigenvalue weighted by Gasteiger charge is -2.08. The van der Waals surface area contributed by atoms with Crippen LogP contribution in [0, 0.1) is 11.6 Å². The minimum Gasteiger partial charge on any atom is -0.264 e. The molecule has 1 aromatic carbocycles. The van der Waals surface area contributed by atoms with E-state index in [1.807, 2.05) is 6.07 Å². The summed E-state index contributed by atoms with van der Waals surface area (Å²) in [5.74, 6) is -2.32. The van der Waals surface area contributed by atoms with Crippen molar-refractivity contribution in [3.63, 3.8) is 0 Å². The Morgan fingerprint density at radius 2 is 1.84 bits per heavy atom. The van der Waals surface area contributed by atoms with Gasteiger partial charge in [-0.25, -0.2) is 21.9 Å². The summed E-state index contributed by atoms with van der Waals surface area (Å²) < 4.78 is 52.9. The molecule has 0 amide bonds. The van der Waals surface area contributed by atoms with Crippen LogP contribution in [0.4, 0.5) is 8.78 Å². The van der Waals surface area contributed by atoms with Crippen LogP contribution in [0.25, 0.3) is 11.3 Å². The third-order valence-corrected chi connectivity index (χ3v) is 4.85. The molecule has 5 nitrogen and oxygen atoms in total. The van der Waals surface area contributed by atoms with Gasteiger partial charge >= 0.3 is 0 Å². The first-order valence-electron chi connectivity index (χ1n) is 7.26. The van der Waals surface area contributed by atoms with Crippen molar-refractivity contribution >= 4 is 10.0 Å². The maximum Gasteiger partial charge on any atom is 0.240 e. The number of benzene rings is 1. The fraction of sp³-hybridized carbons (Fsp3) is 0.0588. The van der Waals surface area contributed by atoms with Crippen LogP contribution in [0.5, 0.6) is 0 Å². The predicted octanol–water partition coefficient (Wildman–Crippen LogP) is 2.90. The number of aromatic nitrogens is 2. The van der Waals surface area contributed by atoms with Crippen LogP contribution < -0.4 is 4.72 Å². The molecule has 8 heteroatoms. The van der Waals surface area contributed by atoms with Gasteiger partial charge in [-0.1, -0.05) is 0 Å². The molecular weight excluding hydrogens is 348 g/mol. The molecule has 0 atom stereocenters. The summed E-state index contributed by atoms with van der Waals surface area (Å²) in [5, 5.41) is 0. The highest BCUT2D eigenvalue weighted by Gasteiger charge is 2.16. The second kappa shape index (κ2) is 7.04. The summed E-state index contributed by atoms with van der Waals surface area (Å²) in [5.41, 5.74) is 2.12. The van der Waals surface area contributed by atoms with Gasteiger partial charge in [0, 0.05) is 30.7 Å². The molecule has 0 aliphatic rings. The van der Waals surface area contributed by atoms with Gasteiger partial charge in [0.2, 0.25) is 10.0 Å². The van der Waals surface area contributed by atoms with Crippen LogP contribution in [-0.4, -0.2) is 18.4 Å². The summed E-state index contributed by atoms with van der Waals surface area (Å²) in [7, 11) is -3.96. The van der Waals surface area contributed by atoms with E-state index in [9.17, 15) is 17.2 Å². The topological polar surface area (TPSA) is 72.0 Å². The monoisotopic (exact) mass is 361 g/mol. The van der Waals surface area contributed by atoms with E-state index in [1.165, 1.54) is 0 Å². The Kier molecular flexibility index (Phi) is 4.82. The molecule has 25 heavy (non-hydrogen) atoms. The van der Waals surface area contributed by atoms with E-state index in [-0.39, 0.29) is 11.4 Å². The summed E-state index contributed by atoms with van der Waals surface area (Å²) in [6, 6.07) is 9.43. The van der Waals surface area contributed by atoms with Gasteiger partial charge in [-0.05, 0) is 48.0 Å². The highest BCUT2D eigenvalue weighted by atomic mass is 32.2.